The highest BCUT2D eigenvalue weighted by Crippen LogP contribution is 2.22. The third kappa shape index (κ3) is 3.07. The third-order valence-corrected chi connectivity index (χ3v) is 2.90. The van der Waals surface area contributed by atoms with Crippen LogP contribution in [0.15, 0.2) is 12.3 Å². The monoisotopic (exact) mass is 252 g/mol. The summed E-state index contributed by atoms with van der Waals surface area (Å²) in [6.45, 7) is 1.44. The summed E-state index contributed by atoms with van der Waals surface area (Å²) in [6.07, 6.45) is 4.65. The predicted molar refractivity (Wildman–Crippen MR) is 67.4 cm³/mol. The van der Waals surface area contributed by atoms with Crippen LogP contribution >= 0.6 is 0 Å². The number of nitrogens with two attached hydrogens (primary N) is 1. The summed E-state index contributed by atoms with van der Waals surface area (Å²) in [7, 11) is 0. The number of nitro groups is 1. The molecule has 0 aliphatic carbocycles. The fraction of sp³-hybridized carbons (Fsp3) is 0.545. The molecular weight excluding hydrogens is 236 g/mol. The summed E-state index contributed by atoms with van der Waals surface area (Å²) < 4.78 is 5.56. The number of hydrogen-bond donors (Lipinski definition) is 2. The zero-order chi connectivity index (χ0) is 13.0. The molecule has 1 aromatic rings. The molecule has 0 bridgehead atoms. The van der Waals surface area contributed by atoms with Gasteiger partial charge in [0.1, 0.15) is 17.7 Å². The van der Waals surface area contributed by atoms with Crippen molar-refractivity contribution in [1.82, 2.24) is 4.98 Å². The van der Waals surface area contributed by atoms with Crippen LogP contribution < -0.4 is 11.1 Å². The summed E-state index contributed by atoms with van der Waals surface area (Å²) in [5.74, 6) is 0.535. The van der Waals surface area contributed by atoms with Crippen LogP contribution in [0.3, 0.4) is 0 Å². The normalized spacial score (nSPS) is 19.4. The van der Waals surface area contributed by atoms with Crippen molar-refractivity contribution in [2.24, 2.45) is 0 Å². The molecule has 1 unspecified atom stereocenters. The minimum atomic E-state index is -0.545. The Morgan fingerprint density at radius 1 is 1.61 bits per heavy atom. The fourth-order valence-corrected chi connectivity index (χ4v) is 1.90. The predicted octanol–water partition coefficient (Wildman–Crippen LogP) is 1.55. The molecule has 1 saturated heterocycles. The van der Waals surface area contributed by atoms with E-state index in [-0.39, 0.29) is 17.5 Å². The van der Waals surface area contributed by atoms with Crippen LogP contribution in [0.4, 0.5) is 17.2 Å². The summed E-state index contributed by atoms with van der Waals surface area (Å²) >= 11 is 0. The summed E-state index contributed by atoms with van der Waals surface area (Å²) in [5, 5.41) is 13.7. The molecule has 0 saturated carbocycles. The topological polar surface area (TPSA) is 103 Å². The van der Waals surface area contributed by atoms with Gasteiger partial charge in [-0.15, -0.1) is 0 Å². The highest BCUT2D eigenvalue weighted by molar-refractivity contribution is 5.61. The van der Waals surface area contributed by atoms with E-state index < -0.39 is 4.92 Å². The van der Waals surface area contributed by atoms with Gasteiger partial charge in [-0.2, -0.15) is 0 Å². The Kier molecular flexibility index (Phi) is 3.93. The van der Waals surface area contributed by atoms with Gasteiger partial charge in [-0.25, -0.2) is 4.98 Å². The number of anilines is 2. The maximum Gasteiger partial charge on any atom is 0.310 e. The standard InChI is InChI=1S/C11H16N4O3/c12-9-5-11(14-7-10(9)15(16)17)13-6-8-3-1-2-4-18-8/h5,7-8H,1-4,6H2,(H3,12,13,14). The maximum absolute atomic E-state index is 10.6. The Balaban J connectivity index is 1.93. The number of pyridine rings is 1. The zero-order valence-corrected chi connectivity index (χ0v) is 9.96. The molecule has 1 atom stereocenters. The van der Waals surface area contributed by atoms with Crippen molar-refractivity contribution in [2.45, 2.75) is 25.4 Å². The largest absolute Gasteiger partial charge is 0.393 e. The van der Waals surface area contributed by atoms with Gasteiger partial charge in [0.15, 0.2) is 0 Å². The van der Waals surface area contributed by atoms with E-state index in [1.807, 2.05) is 0 Å². The molecule has 0 aromatic carbocycles. The molecule has 0 radical (unpaired) electrons. The van der Waals surface area contributed by atoms with Crippen molar-refractivity contribution in [1.29, 1.82) is 0 Å². The molecule has 1 aromatic heterocycles. The average Bonchev–Trinajstić information content (AvgIpc) is 2.37. The van der Waals surface area contributed by atoms with Crippen LogP contribution in [0.2, 0.25) is 0 Å². The van der Waals surface area contributed by atoms with Gasteiger partial charge in [0.2, 0.25) is 0 Å². The van der Waals surface area contributed by atoms with E-state index in [0.717, 1.165) is 19.4 Å². The minimum absolute atomic E-state index is 0.113. The number of hydrogen-bond acceptors (Lipinski definition) is 6. The van der Waals surface area contributed by atoms with Crippen LogP contribution in [0, 0.1) is 10.1 Å². The fourth-order valence-electron chi connectivity index (χ4n) is 1.90. The van der Waals surface area contributed by atoms with Crippen molar-refractivity contribution >= 4 is 17.2 Å². The lowest BCUT2D eigenvalue weighted by atomic mass is 10.1. The molecule has 1 aliphatic rings. The van der Waals surface area contributed by atoms with E-state index in [9.17, 15) is 10.1 Å². The lowest BCUT2D eigenvalue weighted by Gasteiger charge is -2.22. The molecule has 7 nitrogen and oxygen atoms in total. The molecule has 1 fully saturated rings. The molecule has 7 heteroatoms. The Morgan fingerprint density at radius 2 is 2.44 bits per heavy atom. The number of nitrogens with zero attached hydrogens (tertiary/aromatic N) is 2. The van der Waals surface area contributed by atoms with Crippen LogP contribution in [0.1, 0.15) is 19.3 Å². The number of aromatic nitrogens is 1. The SMILES string of the molecule is Nc1cc(NCC2CCCCO2)ncc1[N+](=O)[O-]. The van der Waals surface area contributed by atoms with Crippen LogP contribution in [0.25, 0.3) is 0 Å². The van der Waals surface area contributed by atoms with E-state index in [4.69, 9.17) is 10.5 Å². The smallest absolute Gasteiger partial charge is 0.310 e. The second-order valence-corrected chi connectivity index (χ2v) is 4.25. The number of nitrogen functional groups attached to an aromatic ring is 1. The number of ether oxygens (including phenoxy) is 1. The van der Waals surface area contributed by atoms with Gasteiger partial charge in [-0.1, -0.05) is 0 Å². The number of rotatable bonds is 4. The lowest BCUT2D eigenvalue weighted by molar-refractivity contribution is -0.384. The van der Waals surface area contributed by atoms with Gasteiger partial charge in [-0.3, -0.25) is 10.1 Å². The molecule has 3 N–H and O–H groups in total. The van der Waals surface area contributed by atoms with Crippen LogP contribution in [-0.2, 0) is 4.74 Å². The highest BCUT2D eigenvalue weighted by Gasteiger charge is 2.15. The summed E-state index contributed by atoms with van der Waals surface area (Å²) in [5.41, 5.74) is 5.52. The molecule has 18 heavy (non-hydrogen) atoms. The first-order chi connectivity index (χ1) is 8.66. The van der Waals surface area contributed by atoms with Gasteiger partial charge in [0.25, 0.3) is 0 Å². The second kappa shape index (κ2) is 5.63. The van der Waals surface area contributed by atoms with Crippen LogP contribution in [-0.4, -0.2) is 29.2 Å². The quantitative estimate of drug-likeness (QED) is 0.622. The molecule has 2 heterocycles. The Labute approximate surface area is 104 Å². The van der Waals surface area contributed by atoms with Gasteiger partial charge < -0.3 is 15.8 Å². The lowest BCUT2D eigenvalue weighted by Crippen LogP contribution is -2.27. The van der Waals surface area contributed by atoms with Crippen molar-refractivity contribution in [3.63, 3.8) is 0 Å². The summed E-state index contributed by atoms with van der Waals surface area (Å²) in [4.78, 5) is 14.0. The minimum Gasteiger partial charge on any atom is -0.393 e. The van der Waals surface area contributed by atoms with E-state index in [1.54, 1.807) is 0 Å². The van der Waals surface area contributed by atoms with Crippen molar-refractivity contribution in [3.05, 3.63) is 22.4 Å². The van der Waals surface area contributed by atoms with E-state index >= 15 is 0 Å². The van der Waals surface area contributed by atoms with E-state index in [0.29, 0.717) is 12.4 Å². The Bertz CT molecular complexity index is 432. The number of nitrogens with one attached hydrogen (secondary N) is 1. The summed E-state index contributed by atoms with van der Waals surface area (Å²) in [6, 6.07) is 1.47. The Hall–Kier alpha value is -1.89. The average molecular weight is 252 g/mol. The van der Waals surface area contributed by atoms with Crippen molar-refractivity contribution < 1.29 is 9.66 Å². The second-order valence-electron chi connectivity index (χ2n) is 4.25. The third-order valence-electron chi connectivity index (χ3n) is 2.90. The maximum atomic E-state index is 10.6. The molecule has 0 amide bonds. The first-order valence-electron chi connectivity index (χ1n) is 5.92. The highest BCUT2D eigenvalue weighted by atomic mass is 16.6. The first kappa shape index (κ1) is 12.6. The van der Waals surface area contributed by atoms with Gasteiger partial charge in [0.05, 0.1) is 11.0 Å². The first-order valence-corrected chi connectivity index (χ1v) is 5.92. The van der Waals surface area contributed by atoms with Crippen molar-refractivity contribution in [3.8, 4) is 0 Å². The molecular formula is C11H16N4O3. The van der Waals surface area contributed by atoms with Crippen LogP contribution in [0.5, 0.6) is 0 Å². The van der Waals surface area contributed by atoms with E-state index in [1.165, 1.54) is 18.7 Å². The van der Waals surface area contributed by atoms with Gasteiger partial charge in [0, 0.05) is 19.2 Å². The molecule has 98 valence electrons. The zero-order valence-electron chi connectivity index (χ0n) is 9.96. The molecule has 1 aliphatic heterocycles. The molecule has 2 rings (SSSR count). The van der Waals surface area contributed by atoms with Crippen molar-refractivity contribution in [2.75, 3.05) is 24.2 Å². The molecule has 0 spiro atoms. The van der Waals surface area contributed by atoms with Gasteiger partial charge in [-0.05, 0) is 19.3 Å². The van der Waals surface area contributed by atoms with E-state index in [2.05, 4.69) is 10.3 Å². The van der Waals surface area contributed by atoms with Gasteiger partial charge >= 0.3 is 5.69 Å². The Morgan fingerprint density at radius 3 is 3.06 bits per heavy atom.